The molecule has 1 amide bonds. The summed E-state index contributed by atoms with van der Waals surface area (Å²) in [5.74, 6) is -0.326. The van der Waals surface area contributed by atoms with Crippen molar-refractivity contribution in [2.45, 2.75) is 6.42 Å². The van der Waals surface area contributed by atoms with E-state index in [-0.39, 0.29) is 19.5 Å². The minimum absolute atomic E-state index is 0. The van der Waals surface area contributed by atoms with E-state index in [2.05, 4.69) is 5.32 Å². The van der Waals surface area contributed by atoms with Gasteiger partial charge in [-0.3, -0.25) is 9.59 Å². The van der Waals surface area contributed by atoms with E-state index in [9.17, 15) is 9.59 Å². The summed E-state index contributed by atoms with van der Waals surface area (Å²) in [4.78, 5) is 22.1. The lowest BCUT2D eigenvalue weighted by Gasteiger charge is -2.14. The minimum Gasteiger partial charge on any atom is -0.325 e. The van der Waals surface area contributed by atoms with Gasteiger partial charge in [0.25, 0.3) is 0 Å². The zero-order chi connectivity index (χ0) is 8.55. The van der Waals surface area contributed by atoms with Gasteiger partial charge < -0.3 is 5.32 Å². The number of benzene rings is 1. The molecule has 1 heterocycles. The van der Waals surface area contributed by atoms with E-state index in [0.29, 0.717) is 11.3 Å². The molecule has 0 saturated heterocycles. The van der Waals surface area contributed by atoms with Gasteiger partial charge in [0.15, 0.2) is 5.78 Å². The molecule has 0 aliphatic carbocycles. The highest BCUT2D eigenvalue weighted by atomic mass is 16.2. The van der Waals surface area contributed by atoms with Gasteiger partial charge in [-0.25, -0.2) is 0 Å². The standard InChI is InChI=1S/C9H7NO2.H2/c11-8-5-9(12)10-7-4-2-1-3-6(7)8;/h1-4H,5H2,(H,10,12);1H. The molecule has 62 valence electrons. The van der Waals surface area contributed by atoms with Crippen molar-refractivity contribution in [2.24, 2.45) is 0 Å². The number of Topliss-reactive ketones (excluding diaryl/α,β-unsaturated/α-hetero) is 1. The Morgan fingerprint density at radius 1 is 1.25 bits per heavy atom. The Bertz CT molecular complexity index is 362. The Labute approximate surface area is 70.9 Å². The van der Waals surface area contributed by atoms with Gasteiger partial charge in [-0.1, -0.05) is 12.1 Å². The Balaban J connectivity index is 0.000000845. The summed E-state index contributed by atoms with van der Waals surface area (Å²) < 4.78 is 0. The van der Waals surface area contributed by atoms with Crippen LogP contribution in [0.15, 0.2) is 24.3 Å². The summed E-state index contributed by atoms with van der Waals surface area (Å²) >= 11 is 0. The molecule has 0 spiro atoms. The number of amides is 1. The largest absolute Gasteiger partial charge is 0.325 e. The summed E-state index contributed by atoms with van der Waals surface area (Å²) in [6.07, 6.45) is -0.0307. The van der Waals surface area contributed by atoms with Crippen molar-refractivity contribution in [2.75, 3.05) is 5.32 Å². The number of anilines is 1. The summed E-state index contributed by atoms with van der Waals surface area (Å²) in [5.41, 5.74) is 1.23. The molecule has 1 aromatic carbocycles. The molecule has 1 aromatic rings. The number of hydrogen-bond donors (Lipinski definition) is 1. The second-order valence-electron chi connectivity index (χ2n) is 2.69. The van der Waals surface area contributed by atoms with Gasteiger partial charge in [-0.2, -0.15) is 0 Å². The van der Waals surface area contributed by atoms with Gasteiger partial charge in [0, 0.05) is 6.99 Å². The van der Waals surface area contributed by atoms with Gasteiger partial charge in [0.05, 0.1) is 12.1 Å². The summed E-state index contributed by atoms with van der Waals surface area (Å²) in [7, 11) is 0. The molecule has 0 fully saturated rings. The van der Waals surface area contributed by atoms with Crippen LogP contribution in [0.4, 0.5) is 5.69 Å². The maximum Gasteiger partial charge on any atom is 0.232 e. The molecule has 0 radical (unpaired) electrons. The molecule has 3 nitrogen and oxygen atoms in total. The molecule has 1 aliphatic rings. The molecule has 0 bridgehead atoms. The van der Waals surface area contributed by atoms with E-state index in [1.54, 1.807) is 24.3 Å². The van der Waals surface area contributed by atoms with Crippen molar-refractivity contribution >= 4 is 17.4 Å². The van der Waals surface area contributed by atoms with Crippen LogP contribution in [0.25, 0.3) is 0 Å². The average molecular weight is 163 g/mol. The van der Waals surface area contributed by atoms with Crippen LogP contribution in [0.1, 0.15) is 18.2 Å². The number of para-hydroxylation sites is 1. The van der Waals surface area contributed by atoms with E-state index in [4.69, 9.17) is 0 Å². The summed E-state index contributed by atoms with van der Waals surface area (Å²) in [6, 6.07) is 7.02. The maximum absolute atomic E-state index is 11.2. The lowest BCUT2D eigenvalue weighted by atomic mass is 10.0. The number of carbonyl (C=O) groups excluding carboxylic acids is 2. The third kappa shape index (κ3) is 0.993. The molecule has 0 saturated carbocycles. The molecule has 0 unspecified atom stereocenters. The normalized spacial score (nSPS) is 15.3. The van der Waals surface area contributed by atoms with E-state index in [1.807, 2.05) is 0 Å². The Kier molecular flexibility index (Phi) is 1.43. The van der Waals surface area contributed by atoms with E-state index in [0.717, 1.165) is 0 Å². The number of rotatable bonds is 0. The molecule has 12 heavy (non-hydrogen) atoms. The molecule has 1 N–H and O–H groups in total. The highest BCUT2D eigenvalue weighted by Crippen LogP contribution is 2.21. The first-order valence-electron chi connectivity index (χ1n) is 3.69. The van der Waals surface area contributed by atoms with Crippen LogP contribution < -0.4 is 5.32 Å². The molecular weight excluding hydrogens is 154 g/mol. The van der Waals surface area contributed by atoms with Crippen LogP contribution in [0.5, 0.6) is 0 Å². The monoisotopic (exact) mass is 163 g/mol. The van der Waals surface area contributed by atoms with Crippen molar-refractivity contribution < 1.29 is 11.0 Å². The number of hydrogen-bond acceptors (Lipinski definition) is 2. The van der Waals surface area contributed by atoms with Crippen LogP contribution in [0.3, 0.4) is 0 Å². The lowest BCUT2D eigenvalue weighted by molar-refractivity contribution is -0.115. The Morgan fingerprint density at radius 3 is 2.83 bits per heavy atom. The molecule has 2 rings (SSSR count). The summed E-state index contributed by atoms with van der Waals surface area (Å²) in [5, 5.41) is 2.63. The predicted molar refractivity (Wildman–Crippen MR) is 46.1 cm³/mol. The second kappa shape index (κ2) is 2.44. The SMILES string of the molecule is O=C1CC(=O)c2ccccc2N1.[HH]. The fraction of sp³-hybridized carbons (Fsp3) is 0.111. The summed E-state index contributed by atoms with van der Waals surface area (Å²) in [6.45, 7) is 0. The molecular formula is C9H9NO2. The predicted octanol–water partition coefficient (Wildman–Crippen LogP) is 1.46. The fourth-order valence-corrected chi connectivity index (χ4v) is 1.27. The number of carbonyl (C=O) groups is 2. The fourth-order valence-electron chi connectivity index (χ4n) is 1.27. The van der Waals surface area contributed by atoms with Crippen molar-refractivity contribution in [3.63, 3.8) is 0 Å². The number of nitrogens with one attached hydrogen (secondary N) is 1. The number of fused-ring (bicyclic) bond motifs is 1. The first-order chi connectivity index (χ1) is 5.77. The molecule has 0 atom stereocenters. The third-order valence-electron chi connectivity index (χ3n) is 1.82. The van der Waals surface area contributed by atoms with Crippen LogP contribution in [0, 0.1) is 0 Å². The smallest absolute Gasteiger partial charge is 0.232 e. The van der Waals surface area contributed by atoms with E-state index >= 15 is 0 Å². The van der Waals surface area contributed by atoms with Gasteiger partial charge in [-0.15, -0.1) is 0 Å². The third-order valence-corrected chi connectivity index (χ3v) is 1.82. The van der Waals surface area contributed by atoms with Crippen molar-refractivity contribution in [1.82, 2.24) is 0 Å². The van der Waals surface area contributed by atoms with Gasteiger partial charge in [0.1, 0.15) is 0 Å². The Hall–Kier alpha value is -1.64. The highest BCUT2D eigenvalue weighted by Gasteiger charge is 2.21. The molecule has 0 aromatic heterocycles. The first kappa shape index (κ1) is 7.03. The zero-order valence-electron chi connectivity index (χ0n) is 6.33. The van der Waals surface area contributed by atoms with Crippen LogP contribution >= 0.6 is 0 Å². The van der Waals surface area contributed by atoms with Crippen LogP contribution in [-0.2, 0) is 4.79 Å². The zero-order valence-corrected chi connectivity index (χ0v) is 6.33. The van der Waals surface area contributed by atoms with E-state index in [1.165, 1.54) is 0 Å². The molecule has 1 aliphatic heterocycles. The topological polar surface area (TPSA) is 46.2 Å². The number of ketones is 1. The van der Waals surface area contributed by atoms with Gasteiger partial charge in [-0.05, 0) is 12.1 Å². The minimum atomic E-state index is -0.223. The van der Waals surface area contributed by atoms with Crippen LogP contribution in [0.2, 0.25) is 0 Å². The van der Waals surface area contributed by atoms with Gasteiger partial charge in [0.2, 0.25) is 5.91 Å². The second-order valence-corrected chi connectivity index (χ2v) is 2.69. The van der Waals surface area contributed by atoms with Crippen molar-refractivity contribution in [3.8, 4) is 0 Å². The Morgan fingerprint density at radius 2 is 2.00 bits per heavy atom. The van der Waals surface area contributed by atoms with Crippen molar-refractivity contribution in [1.29, 1.82) is 0 Å². The first-order valence-corrected chi connectivity index (χ1v) is 3.69. The average Bonchev–Trinajstić information content (AvgIpc) is 2.04. The van der Waals surface area contributed by atoms with Crippen LogP contribution in [-0.4, -0.2) is 11.7 Å². The van der Waals surface area contributed by atoms with Crippen molar-refractivity contribution in [3.05, 3.63) is 29.8 Å². The highest BCUT2D eigenvalue weighted by molar-refractivity contribution is 6.18. The lowest BCUT2D eigenvalue weighted by Crippen LogP contribution is -2.23. The quantitative estimate of drug-likeness (QED) is 0.588. The molecule has 3 heteroatoms. The van der Waals surface area contributed by atoms with Gasteiger partial charge >= 0.3 is 0 Å². The van der Waals surface area contributed by atoms with E-state index < -0.39 is 0 Å². The maximum atomic E-state index is 11.2.